The van der Waals surface area contributed by atoms with E-state index in [1.54, 1.807) is 0 Å². The summed E-state index contributed by atoms with van der Waals surface area (Å²) in [7, 11) is 0. The topological polar surface area (TPSA) is 29.1 Å². The van der Waals surface area contributed by atoms with Crippen LogP contribution in [0.15, 0.2) is 42.5 Å². The predicted molar refractivity (Wildman–Crippen MR) is 95.9 cm³/mol. The number of hydrogen-bond donors (Lipinski definition) is 1. The monoisotopic (exact) mass is 429 g/mol. The minimum absolute atomic E-state index is 0. The van der Waals surface area contributed by atoms with Crippen LogP contribution in [0.25, 0.3) is 0 Å². The molecule has 2 aromatic carbocycles. The lowest BCUT2D eigenvalue weighted by molar-refractivity contribution is -0.116. The van der Waals surface area contributed by atoms with Gasteiger partial charge in [0.1, 0.15) is 0 Å². The van der Waals surface area contributed by atoms with Crippen LogP contribution in [-0.4, -0.2) is 5.91 Å². The van der Waals surface area contributed by atoms with Crippen molar-refractivity contribution in [3.8, 4) is 0 Å². The van der Waals surface area contributed by atoms with E-state index in [0.717, 1.165) is 22.7 Å². The van der Waals surface area contributed by atoms with E-state index >= 15 is 0 Å². The summed E-state index contributed by atoms with van der Waals surface area (Å²) in [5, 5.41) is 3.63. The molecule has 110 valence electrons. The number of hydrogen-bond acceptors (Lipinski definition) is 1. The molecule has 1 heterocycles. The van der Waals surface area contributed by atoms with Gasteiger partial charge in [0.15, 0.2) is 0 Å². The van der Waals surface area contributed by atoms with Crippen LogP contribution in [0.1, 0.15) is 27.9 Å². The Hall–Kier alpha value is -0.840. The van der Waals surface area contributed by atoms with Gasteiger partial charge >= 0.3 is 0 Å². The van der Waals surface area contributed by atoms with Crippen LogP contribution in [-0.2, 0) is 11.2 Å². The van der Waals surface area contributed by atoms with E-state index < -0.39 is 0 Å². The molecule has 1 atom stereocenters. The fourth-order valence-corrected chi connectivity index (χ4v) is 3.19. The van der Waals surface area contributed by atoms with Gasteiger partial charge in [0, 0.05) is 17.1 Å². The standard InChI is InChI=1S/C16H13BrClNO.BrH/c17-16(11-2-1-3-13(18)9-11)12-4-6-14-10(8-12)5-7-15(20)19-14;/h1-4,6,8-9,16H,5,7H2,(H,19,20);1H. The Morgan fingerprint density at radius 2 is 1.86 bits per heavy atom. The van der Waals surface area contributed by atoms with Crippen LogP contribution in [0.2, 0.25) is 5.02 Å². The minimum Gasteiger partial charge on any atom is -0.326 e. The van der Waals surface area contributed by atoms with Gasteiger partial charge in [0.25, 0.3) is 0 Å². The van der Waals surface area contributed by atoms with Crippen LogP contribution in [0.5, 0.6) is 0 Å². The Bertz CT molecular complexity index is 675. The van der Waals surface area contributed by atoms with E-state index in [-0.39, 0.29) is 27.7 Å². The third-order valence-electron chi connectivity index (χ3n) is 3.46. The van der Waals surface area contributed by atoms with E-state index in [1.807, 2.05) is 36.4 Å². The van der Waals surface area contributed by atoms with Gasteiger partial charge in [-0.25, -0.2) is 0 Å². The zero-order valence-electron chi connectivity index (χ0n) is 11.1. The molecule has 0 bridgehead atoms. The molecule has 1 amide bonds. The van der Waals surface area contributed by atoms with Gasteiger partial charge in [-0.05, 0) is 41.3 Å². The van der Waals surface area contributed by atoms with Crippen LogP contribution in [0.4, 0.5) is 5.69 Å². The van der Waals surface area contributed by atoms with Gasteiger partial charge in [-0.1, -0.05) is 51.8 Å². The maximum Gasteiger partial charge on any atom is 0.224 e. The summed E-state index contributed by atoms with van der Waals surface area (Å²) >= 11 is 9.76. The minimum atomic E-state index is 0. The summed E-state index contributed by atoms with van der Waals surface area (Å²) in [6, 6.07) is 14.0. The molecule has 3 rings (SSSR count). The summed E-state index contributed by atoms with van der Waals surface area (Å²) in [6.45, 7) is 0. The van der Waals surface area contributed by atoms with E-state index in [1.165, 1.54) is 11.1 Å². The number of carbonyl (C=O) groups is 1. The fourth-order valence-electron chi connectivity index (χ4n) is 2.42. The molecule has 0 radical (unpaired) electrons. The molecule has 0 saturated heterocycles. The lowest BCUT2D eigenvalue weighted by Gasteiger charge is -2.19. The van der Waals surface area contributed by atoms with Gasteiger partial charge < -0.3 is 5.32 Å². The number of carbonyl (C=O) groups excluding carboxylic acids is 1. The smallest absolute Gasteiger partial charge is 0.224 e. The van der Waals surface area contributed by atoms with Crippen LogP contribution < -0.4 is 5.32 Å². The maximum atomic E-state index is 11.4. The SMILES string of the molecule is Br.O=C1CCc2cc(C(Br)c3cccc(Cl)c3)ccc2N1. The average Bonchev–Trinajstić information content (AvgIpc) is 2.46. The Morgan fingerprint density at radius 1 is 1.10 bits per heavy atom. The first-order chi connectivity index (χ1) is 9.63. The van der Waals surface area contributed by atoms with Crippen molar-refractivity contribution in [2.24, 2.45) is 0 Å². The number of fused-ring (bicyclic) bond motifs is 1. The van der Waals surface area contributed by atoms with Gasteiger partial charge in [0.05, 0.1) is 4.83 Å². The summed E-state index contributed by atoms with van der Waals surface area (Å²) in [5.41, 5.74) is 4.41. The number of anilines is 1. The summed E-state index contributed by atoms with van der Waals surface area (Å²) < 4.78 is 0. The predicted octanol–water partition coefficient (Wildman–Crippen LogP) is 5.29. The molecular weight excluding hydrogens is 417 g/mol. The van der Waals surface area contributed by atoms with Gasteiger partial charge in [-0.15, -0.1) is 17.0 Å². The van der Waals surface area contributed by atoms with Gasteiger partial charge in [0.2, 0.25) is 5.91 Å². The number of rotatable bonds is 2. The molecule has 0 aliphatic carbocycles. The van der Waals surface area contributed by atoms with E-state index in [2.05, 4.69) is 27.3 Å². The summed E-state index contributed by atoms with van der Waals surface area (Å²) in [5.74, 6) is 0.0930. The molecule has 1 aliphatic heterocycles. The van der Waals surface area contributed by atoms with E-state index in [0.29, 0.717) is 6.42 Å². The second-order valence-corrected chi connectivity index (χ2v) is 6.23. The number of halogens is 3. The first kappa shape index (κ1) is 16.5. The molecule has 5 heteroatoms. The molecule has 1 aliphatic rings. The maximum absolute atomic E-state index is 11.4. The third kappa shape index (κ3) is 3.68. The summed E-state index contributed by atoms with van der Waals surface area (Å²) in [6.07, 6.45) is 1.35. The molecular formula is C16H14Br2ClNO. The van der Waals surface area contributed by atoms with Gasteiger partial charge in [-0.2, -0.15) is 0 Å². The fraction of sp³-hybridized carbons (Fsp3) is 0.188. The first-order valence-electron chi connectivity index (χ1n) is 6.46. The molecule has 0 saturated carbocycles. The summed E-state index contributed by atoms with van der Waals surface area (Å²) in [4.78, 5) is 11.5. The second kappa shape index (κ2) is 6.95. The normalized spacial score (nSPS) is 14.7. The van der Waals surface area contributed by atoms with Crippen molar-refractivity contribution in [3.63, 3.8) is 0 Å². The molecule has 1 N–H and O–H groups in total. The zero-order chi connectivity index (χ0) is 14.1. The third-order valence-corrected chi connectivity index (χ3v) is 4.75. The Balaban J connectivity index is 0.00000161. The van der Waals surface area contributed by atoms with Crippen molar-refractivity contribution >= 4 is 56.1 Å². The highest BCUT2D eigenvalue weighted by Gasteiger charge is 2.17. The lowest BCUT2D eigenvalue weighted by Crippen LogP contribution is -2.19. The highest BCUT2D eigenvalue weighted by Crippen LogP contribution is 2.34. The quantitative estimate of drug-likeness (QED) is 0.644. The van der Waals surface area contributed by atoms with Crippen molar-refractivity contribution in [2.75, 3.05) is 5.32 Å². The van der Waals surface area contributed by atoms with Crippen LogP contribution in [0.3, 0.4) is 0 Å². The molecule has 0 spiro atoms. The molecule has 21 heavy (non-hydrogen) atoms. The average molecular weight is 432 g/mol. The number of aryl methyl sites for hydroxylation is 1. The molecule has 1 unspecified atom stereocenters. The molecule has 0 aromatic heterocycles. The van der Waals surface area contributed by atoms with Crippen LogP contribution >= 0.6 is 44.5 Å². The first-order valence-corrected chi connectivity index (χ1v) is 7.75. The van der Waals surface area contributed by atoms with Crippen molar-refractivity contribution in [1.29, 1.82) is 0 Å². The van der Waals surface area contributed by atoms with Crippen molar-refractivity contribution < 1.29 is 4.79 Å². The Labute approximate surface area is 147 Å². The van der Waals surface area contributed by atoms with Crippen LogP contribution in [0, 0.1) is 0 Å². The molecule has 0 fully saturated rings. The number of alkyl halides is 1. The largest absolute Gasteiger partial charge is 0.326 e. The number of nitrogens with one attached hydrogen (secondary N) is 1. The van der Waals surface area contributed by atoms with E-state index in [9.17, 15) is 4.79 Å². The van der Waals surface area contributed by atoms with Crippen molar-refractivity contribution in [3.05, 3.63) is 64.2 Å². The van der Waals surface area contributed by atoms with Crippen molar-refractivity contribution in [2.45, 2.75) is 17.7 Å². The Morgan fingerprint density at radius 3 is 2.62 bits per heavy atom. The highest BCUT2D eigenvalue weighted by atomic mass is 79.9. The molecule has 2 nitrogen and oxygen atoms in total. The Kier molecular flexibility index (Phi) is 5.47. The van der Waals surface area contributed by atoms with Gasteiger partial charge in [-0.3, -0.25) is 4.79 Å². The number of benzene rings is 2. The highest BCUT2D eigenvalue weighted by molar-refractivity contribution is 9.09. The zero-order valence-corrected chi connectivity index (χ0v) is 15.2. The van der Waals surface area contributed by atoms with E-state index in [4.69, 9.17) is 11.6 Å². The molecule has 2 aromatic rings. The van der Waals surface area contributed by atoms with Crippen molar-refractivity contribution in [1.82, 2.24) is 0 Å². The number of amides is 1. The lowest BCUT2D eigenvalue weighted by atomic mass is 9.97. The second-order valence-electron chi connectivity index (χ2n) is 4.88.